The van der Waals surface area contributed by atoms with Crippen LogP contribution in [0.4, 0.5) is 4.39 Å². The Morgan fingerprint density at radius 3 is 2.47 bits per heavy atom. The van der Waals surface area contributed by atoms with Crippen molar-refractivity contribution in [3.63, 3.8) is 0 Å². The molecule has 0 amide bonds. The third-order valence-electron chi connectivity index (χ3n) is 3.24. The van der Waals surface area contributed by atoms with Gasteiger partial charge in [-0.25, -0.2) is 4.39 Å². The minimum absolute atomic E-state index is 0.141. The van der Waals surface area contributed by atoms with Crippen molar-refractivity contribution in [2.75, 3.05) is 7.05 Å². The van der Waals surface area contributed by atoms with E-state index >= 15 is 0 Å². The van der Waals surface area contributed by atoms with E-state index in [1.54, 1.807) is 6.07 Å². The minimum Gasteiger partial charge on any atom is -0.309 e. The molecule has 2 rings (SSSR count). The predicted molar refractivity (Wildman–Crippen MR) is 80.9 cm³/mol. The molecule has 0 saturated carbocycles. The van der Waals surface area contributed by atoms with Crippen molar-refractivity contribution >= 4 is 15.9 Å². The summed E-state index contributed by atoms with van der Waals surface area (Å²) in [7, 11) is 1.85. The van der Waals surface area contributed by atoms with E-state index in [2.05, 4.69) is 21.2 Å². The molecule has 19 heavy (non-hydrogen) atoms. The van der Waals surface area contributed by atoms with Gasteiger partial charge >= 0.3 is 0 Å². The van der Waals surface area contributed by atoms with Gasteiger partial charge in [0.1, 0.15) is 5.82 Å². The molecule has 3 heteroatoms. The zero-order valence-electron chi connectivity index (χ0n) is 11.3. The topological polar surface area (TPSA) is 12.0 Å². The van der Waals surface area contributed by atoms with Gasteiger partial charge in [-0.2, -0.15) is 0 Å². The van der Waals surface area contributed by atoms with Gasteiger partial charge in [-0.1, -0.05) is 34.1 Å². The lowest BCUT2D eigenvalue weighted by molar-refractivity contribution is 0.572. The summed E-state index contributed by atoms with van der Waals surface area (Å²) in [6, 6.07) is 11.4. The Morgan fingerprint density at radius 2 is 1.89 bits per heavy atom. The van der Waals surface area contributed by atoms with Crippen molar-refractivity contribution in [1.82, 2.24) is 5.32 Å². The molecule has 1 nitrogen and oxygen atoms in total. The van der Waals surface area contributed by atoms with Crippen LogP contribution in [0.15, 0.2) is 40.9 Å². The molecule has 0 bridgehead atoms. The highest BCUT2D eigenvalue weighted by Crippen LogP contribution is 2.29. The Morgan fingerprint density at radius 1 is 1.16 bits per heavy atom. The highest BCUT2D eigenvalue weighted by molar-refractivity contribution is 9.10. The van der Waals surface area contributed by atoms with E-state index in [-0.39, 0.29) is 11.9 Å². The summed E-state index contributed by atoms with van der Waals surface area (Å²) in [6.07, 6.45) is 0. The van der Waals surface area contributed by atoms with Crippen LogP contribution >= 0.6 is 15.9 Å². The van der Waals surface area contributed by atoms with E-state index in [9.17, 15) is 4.39 Å². The molecule has 2 aromatic rings. The molecule has 0 aromatic heterocycles. The first kappa shape index (κ1) is 14.2. The van der Waals surface area contributed by atoms with E-state index in [0.717, 1.165) is 21.2 Å². The number of hydrogen-bond donors (Lipinski definition) is 1. The van der Waals surface area contributed by atoms with Gasteiger partial charge in [0.25, 0.3) is 0 Å². The number of hydrogen-bond acceptors (Lipinski definition) is 1. The van der Waals surface area contributed by atoms with Gasteiger partial charge in [-0.05, 0) is 55.8 Å². The van der Waals surface area contributed by atoms with E-state index in [1.807, 2.05) is 51.2 Å². The molecule has 0 heterocycles. The maximum absolute atomic E-state index is 14.3. The third kappa shape index (κ3) is 3.04. The van der Waals surface area contributed by atoms with Crippen LogP contribution in [0.5, 0.6) is 0 Å². The fraction of sp³-hybridized carbons (Fsp3) is 0.250. The van der Waals surface area contributed by atoms with Crippen LogP contribution in [0.2, 0.25) is 0 Å². The van der Waals surface area contributed by atoms with Gasteiger partial charge < -0.3 is 5.32 Å². The lowest BCUT2D eigenvalue weighted by Crippen LogP contribution is -2.20. The fourth-order valence-electron chi connectivity index (χ4n) is 2.46. The summed E-state index contributed by atoms with van der Waals surface area (Å²) in [5.41, 5.74) is 3.67. The van der Waals surface area contributed by atoms with Crippen molar-refractivity contribution in [2.24, 2.45) is 0 Å². The van der Waals surface area contributed by atoms with Crippen molar-refractivity contribution in [2.45, 2.75) is 19.9 Å². The molecule has 100 valence electrons. The number of nitrogens with one attached hydrogen (secondary N) is 1. The molecule has 0 spiro atoms. The monoisotopic (exact) mass is 321 g/mol. The van der Waals surface area contributed by atoms with Crippen LogP contribution in [0.1, 0.15) is 28.3 Å². The number of benzene rings is 2. The molecular formula is C16H17BrFN. The zero-order chi connectivity index (χ0) is 14.0. The lowest BCUT2D eigenvalue weighted by Gasteiger charge is -2.21. The Hall–Kier alpha value is -1.19. The average molecular weight is 322 g/mol. The second-order valence-electron chi connectivity index (χ2n) is 4.75. The molecule has 1 N–H and O–H groups in total. The molecular weight excluding hydrogens is 305 g/mol. The van der Waals surface area contributed by atoms with Crippen LogP contribution in [-0.4, -0.2) is 7.05 Å². The molecule has 0 aliphatic heterocycles. The lowest BCUT2D eigenvalue weighted by atomic mass is 9.93. The van der Waals surface area contributed by atoms with Gasteiger partial charge in [-0.3, -0.25) is 0 Å². The summed E-state index contributed by atoms with van der Waals surface area (Å²) in [4.78, 5) is 0. The number of halogens is 2. The molecule has 1 unspecified atom stereocenters. The molecule has 0 aliphatic rings. The normalized spacial score (nSPS) is 12.5. The van der Waals surface area contributed by atoms with Crippen LogP contribution in [-0.2, 0) is 0 Å². The van der Waals surface area contributed by atoms with E-state index < -0.39 is 0 Å². The number of aryl methyl sites for hydroxylation is 2. The Labute approximate surface area is 122 Å². The highest BCUT2D eigenvalue weighted by atomic mass is 79.9. The molecule has 0 aliphatic carbocycles. The van der Waals surface area contributed by atoms with Crippen molar-refractivity contribution in [1.29, 1.82) is 0 Å². The van der Waals surface area contributed by atoms with E-state index in [0.29, 0.717) is 5.56 Å². The summed E-state index contributed by atoms with van der Waals surface area (Å²) in [5, 5.41) is 3.20. The maximum atomic E-state index is 14.3. The fourth-order valence-corrected chi connectivity index (χ4v) is 2.87. The van der Waals surface area contributed by atoms with Gasteiger partial charge in [0.15, 0.2) is 0 Å². The Balaban J connectivity index is 2.54. The summed E-state index contributed by atoms with van der Waals surface area (Å²) in [6.45, 7) is 3.86. The van der Waals surface area contributed by atoms with Gasteiger partial charge in [0.05, 0.1) is 6.04 Å². The minimum atomic E-state index is -0.156. The summed E-state index contributed by atoms with van der Waals surface area (Å²) >= 11 is 3.46. The standard InChI is InChI=1S/C16H17BrFN/c1-10-7-11(2)15(14(18)8-10)16(19-3)12-5-4-6-13(17)9-12/h4-9,16,19H,1-3H3. The predicted octanol–water partition coefficient (Wildman–Crippen LogP) is 4.51. The first-order valence-corrected chi connectivity index (χ1v) is 7.01. The highest BCUT2D eigenvalue weighted by Gasteiger charge is 2.19. The molecule has 0 radical (unpaired) electrons. The second kappa shape index (κ2) is 5.85. The molecule has 0 saturated heterocycles. The quantitative estimate of drug-likeness (QED) is 0.876. The Bertz CT molecular complexity index is 572. The molecule has 1 atom stereocenters. The molecule has 2 aromatic carbocycles. The van der Waals surface area contributed by atoms with Gasteiger partial charge in [-0.15, -0.1) is 0 Å². The first-order valence-electron chi connectivity index (χ1n) is 6.22. The van der Waals surface area contributed by atoms with Crippen LogP contribution in [0.25, 0.3) is 0 Å². The zero-order valence-corrected chi connectivity index (χ0v) is 12.9. The first-order chi connectivity index (χ1) is 9.02. The van der Waals surface area contributed by atoms with E-state index in [1.165, 1.54) is 0 Å². The van der Waals surface area contributed by atoms with Crippen LogP contribution < -0.4 is 5.32 Å². The smallest absolute Gasteiger partial charge is 0.128 e. The summed E-state index contributed by atoms with van der Waals surface area (Å²) < 4.78 is 15.3. The van der Waals surface area contributed by atoms with Gasteiger partial charge in [0.2, 0.25) is 0 Å². The van der Waals surface area contributed by atoms with Crippen molar-refractivity contribution < 1.29 is 4.39 Å². The van der Waals surface area contributed by atoms with Gasteiger partial charge in [0, 0.05) is 10.0 Å². The molecule has 0 fully saturated rings. The summed E-state index contributed by atoms with van der Waals surface area (Å²) in [5.74, 6) is -0.156. The second-order valence-corrected chi connectivity index (χ2v) is 5.67. The maximum Gasteiger partial charge on any atom is 0.128 e. The van der Waals surface area contributed by atoms with E-state index in [4.69, 9.17) is 0 Å². The third-order valence-corrected chi connectivity index (χ3v) is 3.73. The van der Waals surface area contributed by atoms with Crippen LogP contribution in [0, 0.1) is 19.7 Å². The van der Waals surface area contributed by atoms with Crippen LogP contribution in [0.3, 0.4) is 0 Å². The largest absolute Gasteiger partial charge is 0.309 e. The Kier molecular flexibility index (Phi) is 4.38. The number of rotatable bonds is 3. The van der Waals surface area contributed by atoms with Crippen molar-refractivity contribution in [3.05, 3.63) is 68.9 Å². The SMILES string of the molecule is CNC(c1cccc(Br)c1)c1c(C)cc(C)cc1F. The van der Waals surface area contributed by atoms with Crippen molar-refractivity contribution in [3.8, 4) is 0 Å². The average Bonchev–Trinajstić information content (AvgIpc) is 2.33.